The van der Waals surface area contributed by atoms with E-state index in [4.69, 9.17) is 14.3 Å². The van der Waals surface area contributed by atoms with Gasteiger partial charge in [0.2, 0.25) is 0 Å². The summed E-state index contributed by atoms with van der Waals surface area (Å²) < 4.78 is 12.6. The van der Waals surface area contributed by atoms with E-state index in [9.17, 15) is 4.79 Å². The summed E-state index contributed by atoms with van der Waals surface area (Å²) in [5, 5.41) is 4.74. The molecule has 5 rings (SSSR count). The Labute approximate surface area is 210 Å². The van der Waals surface area contributed by atoms with Gasteiger partial charge in [0.1, 0.15) is 17.1 Å². The van der Waals surface area contributed by atoms with Gasteiger partial charge in [0.15, 0.2) is 5.76 Å². The van der Waals surface area contributed by atoms with Crippen LogP contribution in [0.2, 0.25) is 0 Å². The predicted molar refractivity (Wildman–Crippen MR) is 139 cm³/mol. The van der Waals surface area contributed by atoms with E-state index in [0.717, 1.165) is 23.4 Å². The van der Waals surface area contributed by atoms with Crippen LogP contribution in [0.15, 0.2) is 114 Å². The Bertz CT molecular complexity index is 1390. The van der Waals surface area contributed by atoms with E-state index < -0.39 is 0 Å². The van der Waals surface area contributed by atoms with Crippen LogP contribution in [-0.2, 0) is 13.0 Å². The fourth-order valence-corrected chi connectivity index (χ4v) is 4.13. The van der Waals surface area contributed by atoms with E-state index in [2.05, 4.69) is 12.1 Å². The average molecular weight is 478 g/mol. The molecule has 0 unspecified atom stereocenters. The fourth-order valence-electron chi connectivity index (χ4n) is 4.13. The Morgan fingerprint density at radius 1 is 0.889 bits per heavy atom. The molecular formula is C30H27N3O3. The molecule has 180 valence electrons. The molecule has 2 aromatic heterocycles. The minimum Gasteiger partial charge on any atom is -0.497 e. The molecule has 36 heavy (non-hydrogen) atoms. The van der Waals surface area contributed by atoms with Crippen molar-refractivity contribution in [3.63, 3.8) is 0 Å². The van der Waals surface area contributed by atoms with Crippen molar-refractivity contribution in [3.8, 4) is 22.9 Å². The highest BCUT2D eigenvalue weighted by Gasteiger charge is 2.24. The summed E-state index contributed by atoms with van der Waals surface area (Å²) in [4.78, 5) is 16.0. The Morgan fingerprint density at radius 2 is 1.58 bits per heavy atom. The molecule has 3 aromatic carbocycles. The molecule has 0 aliphatic rings. The second kappa shape index (κ2) is 10.8. The Hall–Kier alpha value is -4.58. The number of ether oxygens (including phenoxy) is 1. The molecule has 0 aliphatic heterocycles. The van der Waals surface area contributed by atoms with Gasteiger partial charge in [-0.25, -0.2) is 4.68 Å². The van der Waals surface area contributed by atoms with Crippen LogP contribution in [0.5, 0.6) is 5.75 Å². The number of hydrogen-bond acceptors (Lipinski definition) is 4. The van der Waals surface area contributed by atoms with Gasteiger partial charge in [-0.3, -0.25) is 4.79 Å². The molecule has 5 aromatic rings. The number of aromatic nitrogens is 2. The number of carbonyl (C=O) groups excluding carboxylic acids is 1. The van der Waals surface area contributed by atoms with Crippen molar-refractivity contribution in [2.45, 2.75) is 13.0 Å². The van der Waals surface area contributed by atoms with Crippen LogP contribution in [0.1, 0.15) is 21.6 Å². The molecule has 2 heterocycles. The SMILES string of the molecule is COc1ccc(-n2nc(-c3ccco3)cc2C(=O)N(CCc2ccccc2)Cc2ccccc2)cc1. The van der Waals surface area contributed by atoms with E-state index in [0.29, 0.717) is 30.2 Å². The summed E-state index contributed by atoms with van der Waals surface area (Å²) in [6, 6.07) is 33.2. The molecule has 0 bridgehead atoms. The van der Waals surface area contributed by atoms with E-state index >= 15 is 0 Å². The third-order valence-electron chi connectivity index (χ3n) is 6.04. The number of rotatable bonds is 9. The van der Waals surface area contributed by atoms with Gasteiger partial charge >= 0.3 is 0 Å². The molecule has 0 saturated heterocycles. The molecule has 0 fully saturated rings. The maximum atomic E-state index is 14.1. The lowest BCUT2D eigenvalue weighted by Gasteiger charge is -2.23. The Morgan fingerprint density at radius 3 is 2.22 bits per heavy atom. The topological polar surface area (TPSA) is 60.5 Å². The highest BCUT2D eigenvalue weighted by Crippen LogP contribution is 2.25. The van der Waals surface area contributed by atoms with Gasteiger partial charge in [0.05, 0.1) is 19.1 Å². The van der Waals surface area contributed by atoms with Crippen molar-refractivity contribution >= 4 is 5.91 Å². The number of carbonyl (C=O) groups is 1. The van der Waals surface area contributed by atoms with Gasteiger partial charge in [0.25, 0.3) is 5.91 Å². The van der Waals surface area contributed by atoms with Crippen molar-refractivity contribution in [1.82, 2.24) is 14.7 Å². The summed E-state index contributed by atoms with van der Waals surface area (Å²) in [6.45, 7) is 1.07. The number of furan rings is 1. The monoisotopic (exact) mass is 477 g/mol. The zero-order valence-corrected chi connectivity index (χ0v) is 20.1. The maximum absolute atomic E-state index is 14.1. The number of nitrogens with zero attached hydrogens (tertiary/aromatic N) is 3. The first-order valence-electron chi connectivity index (χ1n) is 11.9. The summed E-state index contributed by atoms with van der Waals surface area (Å²) in [5.74, 6) is 1.24. The van der Waals surface area contributed by atoms with Crippen molar-refractivity contribution in [2.24, 2.45) is 0 Å². The van der Waals surface area contributed by atoms with E-state index in [1.54, 1.807) is 24.1 Å². The standard InChI is InChI=1S/C30H27N3O3/c1-35-26-16-14-25(15-17-26)33-28(21-27(31-33)29-13-8-20-36-29)30(34)32(22-24-11-6-3-7-12-24)19-18-23-9-4-2-5-10-23/h2-17,20-21H,18-19,22H2,1H3. The van der Waals surface area contributed by atoms with Gasteiger partial charge in [0, 0.05) is 19.2 Å². The first kappa shape index (κ1) is 23.2. The Kier molecular flexibility index (Phi) is 6.94. The van der Waals surface area contributed by atoms with Gasteiger partial charge < -0.3 is 14.1 Å². The zero-order valence-electron chi connectivity index (χ0n) is 20.1. The maximum Gasteiger partial charge on any atom is 0.272 e. The van der Waals surface area contributed by atoms with Crippen molar-refractivity contribution in [2.75, 3.05) is 13.7 Å². The normalized spacial score (nSPS) is 10.8. The summed E-state index contributed by atoms with van der Waals surface area (Å²) in [5.41, 5.74) is 4.08. The van der Waals surface area contributed by atoms with Crippen LogP contribution < -0.4 is 4.74 Å². The lowest BCUT2D eigenvalue weighted by Crippen LogP contribution is -2.34. The first-order valence-corrected chi connectivity index (χ1v) is 11.9. The molecular weight excluding hydrogens is 450 g/mol. The van der Waals surface area contributed by atoms with E-state index in [1.165, 1.54) is 5.56 Å². The first-order chi connectivity index (χ1) is 17.7. The predicted octanol–water partition coefficient (Wildman–Crippen LogP) is 6.03. The van der Waals surface area contributed by atoms with Gasteiger partial charge in [-0.1, -0.05) is 60.7 Å². The molecule has 6 nitrogen and oxygen atoms in total. The lowest BCUT2D eigenvalue weighted by molar-refractivity contribution is 0.0736. The molecule has 0 spiro atoms. The summed E-state index contributed by atoms with van der Waals surface area (Å²) in [7, 11) is 1.63. The second-order valence-electron chi connectivity index (χ2n) is 8.45. The number of benzene rings is 3. The molecule has 0 saturated carbocycles. The molecule has 1 amide bonds. The van der Waals surface area contributed by atoms with Crippen LogP contribution in [0, 0.1) is 0 Å². The summed E-state index contributed by atoms with van der Waals surface area (Å²) in [6.07, 6.45) is 2.35. The van der Waals surface area contributed by atoms with Crippen LogP contribution in [0.3, 0.4) is 0 Å². The minimum absolute atomic E-state index is 0.101. The molecule has 0 aliphatic carbocycles. The molecule has 6 heteroatoms. The third kappa shape index (κ3) is 5.23. The fraction of sp³-hybridized carbons (Fsp3) is 0.133. The zero-order chi connectivity index (χ0) is 24.7. The van der Waals surface area contributed by atoms with Gasteiger partial charge in [-0.15, -0.1) is 0 Å². The molecule has 0 radical (unpaired) electrons. The van der Waals surface area contributed by atoms with Gasteiger partial charge in [-0.05, 0) is 53.9 Å². The Balaban J connectivity index is 1.52. The highest BCUT2D eigenvalue weighted by atomic mass is 16.5. The quantitative estimate of drug-likeness (QED) is 0.260. The average Bonchev–Trinajstić information content (AvgIpc) is 3.63. The largest absolute Gasteiger partial charge is 0.497 e. The number of methoxy groups -OCH3 is 1. The van der Waals surface area contributed by atoms with Crippen LogP contribution >= 0.6 is 0 Å². The molecule has 0 atom stereocenters. The van der Waals surface area contributed by atoms with E-state index in [-0.39, 0.29) is 5.91 Å². The third-order valence-corrected chi connectivity index (χ3v) is 6.04. The van der Waals surface area contributed by atoms with Crippen LogP contribution in [0.4, 0.5) is 0 Å². The van der Waals surface area contributed by atoms with Crippen LogP contribution in [0.25, 0.3) is 17.1 Å². The summed E-state index contributed by atoms with van der Waals surface area (Å²) >= 11 is 0. The van der Waals surface area contributed by atoms with Crippen molar-refractivity contribution in [3.05, 3.63) is 126 Å². The smallest absolute Gasteiger partial charge is 0.272 e. The van der Waals surface area contributed by atoms with Crippen LogP contribution in [-0.4, -0.2) is 34.2 Å². The number of hydrogen-bond donors (Lipinski definition) is 0. The second-order valence-corrected chi connectivity index (χ2v) is 8.45. The van der Waals surface area contributed by atoms with Crippen molar-refractivity contribution in [1.29, 1.82) is 0 Å². The van der Waals surface area contributed by atoms with Crippen molar-refractivity contribution < 1.29 is 13.9 Å². The number of amides is 1. The van der Waals surface area contributed by atoms with E-state index in [1.807, 2.05) is 89.8 Å². The minimum atomic E-state index is -0.101. The lowest BCUT2D eigenvalue weighted by atomic mass is 10.1. The molecule has 0 N–H and O–H groups in total. The highest BCUT2D eigenvalue weighted by molar-refractivity contribution is 5.94. The van der Waals surface area contributed by atoms with Gasteiger partial charge in [-0.2, -0.15) is 5.10 Å².